The highest BCUT2D eigenvalue weighted by molar-refractivity contribution is 6.89. The Hall–Kier alpha value is -0.346. The van der Waals surface area contributed by atoms with Crippen LogP contribution in [0.2, 0.25) is 19.6 Å². The zero-order chi connectivity index (χ0) is 10.2. The zero-order valence-corrected chi connectivity index (χ0v) is 12.7. The average molecular weight is 208 g/mol. The first-order chi connectivity index (χ1) is 5.84. The van der Waals surface area contributed by atoms with Gasteiger partial charge in [-0.3, -0.25) is 0 Å². The van der Waals surface area contributed by atoms with Gasteiger partial charge < -0.3 is 0 Å². The maximum Gasteiger partial charge on any atom is 0.0779 e. The van der Waals surface area contributed by atoms with Gasteiger partial charge in [0.25, 0.3) is 0 Å². The van der Waals surface area contributed by atoms with Crippen molar-refractivity contribution in [3.63, 3.8) is 0 Å². The molecule has 0 aromatic heterocycles. The van der Waals surface area contributed by atoms with Crippen LogP contribution in [0.25, 0.3) is 0 Å². The van der Waals surface area contributed by atoms with Crippen molar-refractivity contribution in [1.82, 2.24) is 0 Å². The smallest absolute Gasteiger partial charge is 0.0677 e. The van der Waals surface area contributed by atoms with E-state index in [2.05, 4.69) is 45.6 Å². The molecule has 0 aliphatic rings. The van der Waals surface area contributed by atoms with E-state index in [9.17, 15) is 0 Å². The van der Waals surface area contributed by atoms with E-state index in [1.54, 1.807) is 15.9 Å². The lowest BCUT2D eigenvalue weighted by Gasteiger charge is -2.21. The molecule has 0 unspecified atom stereocenters. The lowest BCUT2D eigenvalue weighted by atomic mass is 10.1. The van der Waals surface area contributed by atoms with Gasteiger partial charge in [0.05, 0.1) is 8.07 Å². The minimum atomic E-state index is -1.12. The molecule has 0 nitrogen and oxygen atoms in total. The molecule has 13 heavy (non-hydrogen) atoms. The molecular formula is C11H20Si2. The summed E-state index contributed by atoms with van der Waals surface area (Å²) in [5.41, 5.74) is 3.08. The second-order valence-electron chi connectivity index (χ2n) is 4.93. The average Bonchev–Trinajstić information content (AvgIpc) is 1.98. The summed E-state index contributed by atoms with van der Waals surface area (Å²) in [6, 6.07) is 4.68. The molecule has 1 aromatic rings. The van der Waals surface area contributed by atoms with Gasteiger partial charge in [0.15, 0.2) is 0 Å². The van der Waals surface area contributed by atoms with Crippen LogP contribution in [0.15, 0.2) is 12.1 Å². The van der Waals surface area contributed by atoms with E-state index in [0.717, 1.165) is 0 Å². The Bertz CT molecular complexity index is 322. The standard InChI is InChI=1S/C11H20Si2/c1-8-9(2)11(13(3,4)5)7-6-10(8)12/h6-7H,1-5,12H3. The van der Waals surface area contributed by atoms with Crippen LogP contribution >= 0.6 is 0 Å². The molecule has 0 atom stereocenters. The van der Waals surface area contributed by atoms with Crippen molar-refractivity contribution in [1.29, 1.82) is 0 Å². The lowest BCUT2D eigenvalue weighted by Crippen LogP contribution is -2.41. The maximum atomic E-state index is 2.42. The van der Waals surface area contributed by atoms with E-state index in [4.69, 9.17) is 0 Å². The summed E-state index contributed by atoms with van der Waals surface area (Å²) in [6.45, 7) is 11.8. The van der Waals surface area contributed by atoms with Crippen LogP contribution in [-0.4, -0.2) is 18.3 Å². The van der Waals surface area contributed by atoms with Crippen LogP contribution in [0, 0.1) is 13.8 Å². The van der Waals surface area contributed by atoms with Crippen LogP contribution in [0.5, 0.6) is 0 Å². The first kappa shape index (κ1) is 10.7. The van der Waals surface area contributed by atoms with E-state index in [1.165, 1.54) is 15.8 Å². The SMILES string of the molecule is Cc1c([SiH3])ccc([Si](C)(C)C)c1C. The Labute approximate surface area is 85.8 Å². The van der Waals surface area contributed by atoms with Crippen LogP contribution in [-0.2, 0) is 0 Å². The van der Waals surface area contributed by atoms with Crippen LogP contribution in [0.1, 0.15) is 11.1 Å². The molecule has 0 fully saturated rings. The molecular weight excluding hydrogens is 188 g/mol. The fourth-order valence-electron chi connectivity index (χ4n) is 1.77. The Morgan fingerprint density at radius 1 is 1.00 bits per heavy atom. The molecule has 0 bridgehead atoms. The Morgan fingerprint density at radius 2 is 1.54 bits per heavy atom. The van der Waals surface area contributed by atoms with Gasteiger partial charge in [-0.25, -0.2) is 0 Å². The van der Waals surface area contributed by atoms with Gasteiger partial charge in [-0.1, -0.05) is 47.7 Å². The van der Waals surface area contributed by atoms with Crippen LogP contribution in [0.4, 0.5) is 0 Å². The Morgan fingerprint density at radius 3 is 2.00 bits per heavy atom. The lowest BCUT2D eigenvalue weighted by molar-refractivity contribution is 1.38. The second-order valence-corrected chi connectivity index (χ2v) is 11.0. The van der Waals surface area contributed by atoms with E-state index < -0.39 is 8.07 Å². The first-order valence-electron chi connectivity index (χ1n) is 4.91. The minimum Gasteiger partial charge on any atom is -0.0677 e. The van der Waals surface area contributed by atoms with E-state index >= 15 is 0 Å². The molecule has 1 rings (SSSR count). The van der Waals surface area contributed by atoms with E-state index in [-0.39, 0.29) is 0 Å². The number of hydrogen-bond acceptors (Lipinski definition) is 0. The summed E-state index contributed by atoms with van der Waals surface area (Å²) in [7, 11) is 0.0581. The molecule has 0 heterocycles. The van der Waals surface area contributed by atoms with Crippen molar-refractivity contribution in [3.8, 4) is 0 Å². The highest BCUT2D eigenvalue weighted by Gasteiger charge is 2.19. The normalized spacial score (nSPS) is 12.1. The topological polar surface area (TPSA) is 0 Å². The highest BCUT2D eigenvalue weighted by atomic mass is 28.3. The van der Waals surface area contributed by atoms with E-state index in [1.807, 2.05) is 0 Å². The second kappa shape index (κ2) is 3.42. The monoisotopic (exact) mass is 208 g/mol. The minimum absolute atomic E-state index is 1.12. The summed E-state index contributed by atoms with van der Waals surface area (Å²) in [4.78, 5) is 0. The van der Waals surface area contributed by atoms with Crippen molar-refractivity contribution in [2.45, 2.75) is 33.5 Å². The molecule has 0 N–H and O–H groups in total. The van der Waals surface area contributed by atoms with Gasteiger partial charge in [-0.05, 0) is 19.4 Å². The number of hydrogen-bond donors (Lipinski definition) is 0. The molecule has 0 amide bonds. The predicted molar refractivity (Wildman–Crippen MR) is 68.5 cm³/mol. The molecule has 1 aromatic carbocycles. The Kier molecular flexibility index (Phi) is 2.83. The molecule has 0 aliphatic heterocycles. The third-order valence-electron chi connectivity index (χ3n) is 2.87. The summed E-state index contributed by atoms with van der Waals surface area (Å²) in [6.07, 6.45) is 0. The third-order valence-corrected chi connectivity index (χ3v) is 6.11. The fourth-order valence-corrected chi connectivity index (χ4v) is 4.21. The highest BCUT2D eigenvalue weighted by Crippen LogP contribution is 2.08. The van der Waals surface area contributed by atoms with E-state index in [0.29, 0.717) is 0 Å². The Balaban J connectivity index is 3.35. The molecule has 0 aliphatic carbocycles. The molecule has 0 spiro atoms. The zero-order valence-electron chi connectivity index (χ0n) is 9.65. The summed E-state index contributed by atoms with van der Waals surface area (Å²) in [5.74, 6) is 0. The van der Waals surface area contributed by atoms with Crippen LogP contribution < -0.4 is 10.4 Å². The molecule has 0 saturated heterocycles. The third kappa shape index (κ3) is 2.12. The van der Waals surface area contributed by atoms with Gasteiger partial charge in [0.2, 0.25) is 0 Å². The van der Waals surface area contributed by atoms with Gasteiger partial charge >= 0.3 is 0 Å². The predicted octanol–water partition coefficient (Wildman–Crippen LogP) is 0.839. The molecule has 2 heteroatoms. The van der Waals surface area contributed by atoms with Gasteiger partial charge in [-0.2, -0.15) is 0 Å². The first-order valence-corrected chi connectivity index (χ1v) is 9.41. The number of benzene rings is 1. The van der Waals surface area contributed by atoms with Gasteiger partial charge in [-0.15, -0.1) is 0 Å². The van der Waals surface area contributed by atoms with Crippen LogP contribution in [0.3, 0.4) is 0 Å². The van der Waals surface area contributed by atoms with Gasteiger partial charge in [0, 0.05) is 10.2 Å². The van der Waals surface area contributed by atoms with Crippen molar-refractivity contribution in [3.05, 3.63) is 23.3 Å². The molecule has 72 valence electrons. The van der Waals surface area contributed by atoms with Gasteiger partial charge in [0.1, 0.15) is 0 Å². The number of rotatable bonds is 1. The summed E-state index contributed by atoms with van der Waals surface area (Å²) < 4.78 is 0. The largest absolute Gasteiger partial charge is 0.0779 e. The van der Waals surface area contributed by atoms with Crippen molar-refractivity contribution in [2.75, 3.05) is 0 Å². The maximum absolute atomic E-state index is 2.42. The van der Waals surface area contributed by atoms with Crippen molar-refractivity contribution in [2.24, 2.45) is 0 Å². The summed E-state index contributed by atoms with van der Waals surface area (Å²) in [5, 5.41) is 3.18. The van der Waals surface area contributed by atoms with Crippen molar-refractivity contribution >= 4 is 28.7 Å². The molecule has 0 radical (unpaired) electrons. The molecule has 0 saturated carbocycles. The summed E-state index contributed by atoms with van der Waals surface area (Å²) >= 11 is 0. The quantitative estimate of drug-likeness (QED) is 0.600. The van der Waals surface area contributed by atoms with Crippen molar-refractivity contribution < 1.29 is 0 Å². The fraction of sp³-hybridized carbons (Fsp3) is 0.455.